The molecule has 4 aliphatic heterocycles. The predicted molar refractivity (Wildman–Crippen MR) is 177 cm³/mol. The van der Waals surface area contributed by atoms with Crippen molar-refractivity contribution in [3.8, 4) is 6.01 Å². The number of aryl methyl sites for hydroxylation is 2. The largest absolute Gasteiger partial charge is 0.467 e. The van der Waals surface area contributed by atoms with Crippen molar-refractivity contribution < 1.29 is 31.8 Å². The number of hydrogen-bond donors (Lipinski definition) is 1. The Morgan fingerprint density at radius 2 is 1.88 bits per heavy atom. The molecule has 2 aromatic rings. The first-order chi connectivity index (χ1) is 23.1. The molecule has 16 heteroatoms. The first kappa shape index (κ1) is 37.0. The van der Waals surface area contributed by atoms with E-state index in [0.717, 1.165) is 13.0 Å². The second-order valence-electron chi connectivity index (χ2n) is 13.5. The van der Waals surface area contributed by atoms with E-state index < -0.39 is 23.5 Å². The van der Waals surface area contributed by atoms with Crippen LogP contribution in [-0.2, 0) is 30.9 Å². The van der Waals surface area contributed by atoms with Gasteiger partial charge in [0.15, 0.2) is 5.69 Å². The number of carbonyl (C=O) groups is 1. The molecule has 2 aromatic heterocycles. The molecule has 0 bridgehead atoms. The van der Waals surface area contributed by atoms with Gasteiger partial charge in [-0.25, -0.2) is 4.39 Å². The summed E-state index contributed by atoms with van der Waals surface area (Å²) in [5, 5.41) is 4.78. The third kappa shape index (κ3) is 8.38. The average molecular weight is 713 g/mol. The molecule has 4 aliphatic rings. The van der Waals surface area contributed by atoms with Crippen LogP contribution < -0.4 is 15.4 Å². The summed E-state index contributed by atoms with van der Waals surface area (Å²) in [6.45, 7) is 12.8. The van der Waals surface area contributed by atoms with Gasteiger partial charge in [0.05, 0.1) is 42.2 Å². The molecule has 6 rings (SSSR count). The van der Waals surface area contributed by atoms with Gasteiger partial charge in [-0.15, -0.1) is 0 Å². The van der Waals surface area contributed by atoms with Gasteiger partial charge >= 0.3 is 12.2 Å². The number of aromatic nitrogens is 4. The SMILES string of the molecule is C=C(CCc1nc(OC)nc(N2CCCn3nc(C(=O)N4CC(C)(N)C4)c(Cl)c3C2)c1COC)C(=C)C(F)(F)F.FC1CC2CCCN2C1. The molecule has 0 radical (unpaired) electrons. The van der Waals surface area contributed by atoms with Crippen LogP contribution in [0.15, 0.2) is 24.3 Å². The highest BCUT2D eigenvalue weighted by atomic mass is 35.5. The summed E-state index contributed by atoms with van der Waals surface area (Å²) in [6.07, 6.45) is -0.960. The van der Waals surface area contributed by atoms with Crippen molar-refractivity contribution in [3.63, 3.8) is 0 Å². The number of amides is 1. The molecule has 0 aromatic carbocycles. The summed E-state index contributed by atoms with van der Waals surface area (Å²) in [5.41, 5.74) is 6.44. The molecule has 0 aliphatic carbocycles. The summed E-state index contributed by atoms with van der Waals surface area (Å²) >= 11 is 6.72. The molecule has 49 heavy (non-hydrogen) atoms. The normalized spacial score (nSPS) is 21.7. The minimum absolute atomic E-state index is 0.0168. The molecule has 11 nitrogen and oxygen atoms in total. The number of nitrogens with two attached hydrogens (primary N) is 1. The fraction of sp³-hybridized carbons (Fsp3) is 0.636. The third-order valence-corrected chi connectivity index (χ3v) is 9.84. The smallest absolute Gasteiger partial charge is 0.416 e. The summed E-state index contributed by atoms with van der Waals surface area (Å²) in [6, 6.07) is 0.674. The van der Waals surface area contributed by atoms with E-state index in [4.69, 9.17) is 26.8 Å². The number of ether oxygens (including phenoxy) is 2. The van der Waals surface area contributed by atoms with E-state index in [1.54, 1.807) is 9.58 Å². The van der Waals surface area contributed by atoms with E-state index in [1.807, 2.05) is 11.8 Å². The summed E-state index contributed by atoms with van der Waals surface area (Å²) in [7, 11) is 2.92. The molecule has 270 valence electrons. The molecular formula is C33H45ClF4N8O3. The minimum Gasteiger partial charge on any atom is -0.467 e. The molecule has 2 unspecified atom stereocenters. The first-order valence-electron chi connectivity index (χ1n) is 16.4. The third-order valence-electron chi connectivity index (χ3n) is 9.44. The number of hydrogen-bond acceptors (Lipinski definition) is 9. The highest BCUT2D eigenvalue weighted by Crippen LogP contribution is 2.35. The predicted octanol–water partition coefficient (Wildman–Crippen LogP) is 4.86. The molecule has 3 saturated heterocycles. The van der Waals surface area contributed by atoms with Gasteiger partial charge in [-0.3, -0.25) is 14.4 Å². The van der Waals surface area contributed by atoms with E-state index in [0.29, 0.717) is 68.0 Å². The van der Waals surface area contributed by atoms with Crippen molar-refractivity contribution in [1.82, 2.24) is 29.5 Å². The number of alkyl halides is 4. The van der Waals surface area contributed by atoms with Crippen LogP contribution in [0.2, 0.25) is 5.02 Å². The lowest BCUT2D eigenvalue weighted by Gasteiger charge is -2.45. The first-order valence-corrected chi connectivity index (χ1v) is 16.8. The Morgan fingerprint density at radius 1 is 1.14 bits per heavy atom. The Bertz CT molecular complexity index is 1550. The Balaban J connectivity index is 0.000000444. The van der Waals surface area contributed by atoms with Gasteiger partial charge in [-0.2, -0.15) is 28.2 Å². The van der Waals surface area contributed by atoms with Gasteiger partial charge in [0.1, 0.15) is 12.0 Å². The van der Waals surface area contributed by atoms with Gasteiger partial charge in [0.2, 0.25) is 0 Å². The van der Waals surface area contributed by atoms with Crippen LogP contribution in [0, 0.1) is 0 Å². The van der Waals surface area contributed by atoms with Crippen molar-refractivity contribution in [2.24, 2.45) is 5.73 Å². The molecule has 3 fully saturated rings. The number of carbonyl (C=O) groups excluding carboxylic acids is 1. The number of methoxy groups -OCH3 is 2. The maximum absolute atomic E-state index is 13.1. The molecule has 0 saturated carbocycles. The van der Waals surface area contributed by atoms with E-state index in [9.17, 15) is 22.4 Å². The average Bonchev–Trinajstić information content (AvgIpc) is 3.65. The second kappa shape index (κ2) is 14.9. The zero-order valence-corrected chi connectivity index (χ0v) is 29.0. The van der Waals surface area contributed by atoms with E-state index >= 15 is 0 Å². The van der Waals surface area contributed by atoms with E-state index in [1.165, 1.54) is 27.1 Å². The zero-order valence-electron chi connectivity index (χ0n) is 28.3. The molecule has 1 amide bonds. The molecule has 2 N–H and O–H groups in total. The lowest BCUT2D eigenvalue weighted by Crippen LogP contribution is -2.66. The van der Waals surface area contributed by atoms with Crippen LogP contribution in [0.1, 0.15) is 66.5 Å². The summed E-state index contributed by atoms with van der Waals surface area (Å²) in [5.74, 6) is 0.232. The minimum atomic E-state index is -4.56. The molecule has 2 atom stereocenters. The van der Waals surface area contributed by atoms with Gasteiger partial charge in [0.25, 0.3) is 5.91 Å². The van der Waals surface area contributed by atoms with Gasteiger partial charge in [-0.05, 0) is 57.6 Å². The molecule has 0 spiro atoms. The van der Waals surface area contributed by atoms with Crippen molar-refractivity contribution >= 4 is 23.3 Å². The second-order valence-corrected chi connectivity index (χ2v) is 13.9. The number of halogens is 5. The number of allylic oxidation sites excluding steroid dienone is 2. The monoisotopic (exact) mass is 712 g/mol. The van der Waals surface area contributed by atoms with Crippen LogP contribution in [0.3, 0.4) is 0 Å². The van der Waals surface area contributed by atoms with Crippen LogP contribution in [0.5, 0.6) is 6.01 Å². The van der Waals surface area contributed by atoms with Crippen molar-refractivity contribution in [2.75, 3.05) is 51.8 Å². The molecule has 6 heterocycles. The number of nitrogens with zero attached hydrogens (tertiary/aromatic N) is 7. The number of fused-ring (bicyclic) bond motifs is 2. The fourth-order valence-electron chi connectivity index (χ4n) is 6.91. The Labute approximate surface area is 289 Å². The number of likely N-dealkylation sites (tertiary alicyclic amines) is 1. The van der Waals surface area contributed by atoms with Gasteiger partial charge < -0.3 is 25.0 Å². The van der Waals surface area contributed by atoms with Crippen molar-refractivity contribution in [3.05, 3.63) is 52.0 Å². The van der Waals surface area contributed by atoms with Crippen LogP contribution >= 0.6 is 11.6 Å². The number of anilines is 1. The highest BCUT2D eigenvalue weighted by molar-refractivity contribution is 6.34. The standard InChI is InChI=1S/C26H33ClF3N7O3.C7H12FN/c1-15(16(2)26(28,29)30)7-8-18-17(12-39-4)22(33-24(32-18)40-5)35-9-6-10-37-19(11-35)20(27)21(34-37)23(38)36-13-25(3,31)14-36;8-6-4-7-2-1-3-9(7)5-6/h1-2,6-14,31H2,3-5H3;6-7H,1-5H2. The highest BCUT2D eigenvalue weighted by Gasteiger charge is 2.41. The van der Waals surface area contributed by atoms with Gasteiger partial charge in [0, 0.05) is 57.0 Å². The lowest BCUT2D eigenvalue weighted by molar-refractivity contribution is -0.0891. The maximum atomic E-state index is 13.1. The van der Waals surface area contributed by atoms with Crippen molar-refractivity contribution in [1.29, 1.82) is 0 Å². The Kier molecular flexibility index (Phi) is 11.3. The lowest BCUT2D eigenvalue weighted by atomic mass is 9.93. The topological polar surface area (TPSA) is 115 Å². The number of rotatable bonds is 9. The van der Waals surface area contributed by atoms with Crippen LogP contribution in [0.4, 0.5) is 23.4 Å². The van der Waals surface area contributed by atoms with Crippen molar-refractivity contribution in [2.45, 2.75) is 89.1 Å². The fourth-order valence-corrected chi connectivity index (χ4v) is 7.19. The quantitative estimate of drug-likeness (QED) is 0.288. The Morgan fingerprint density at radius 3 is 2.51 bits per heavy atom. The molecular weight excluding hydrogens is 668 g/mol. The maximum Gasteiger partial charge on any atom is 0.416 e. The summed E-state index contributed by atoms with van der Waals surface area (Å²) in [4.78, 5) is 27.9. The summed E-state index contributed by atoms with van der Waals surface area (Å²) < 4.78 is 64.5. The van der Waals surface area contributed by atoms with Crippen LogP contribution in [-0.4, -0.2) is 106 Å². The van der Waals surface area contributed by atoms with E-state index in [2.05, 4.69) is 33.1 Å². The zero-order chi connectivity index (χ0) is 35.7. The van der Waals surface area contributed by atoms with Crippen LogP contribution in [0.25, 0.3) is 0 Å². The van der Waals surface area contributed by atoms with E-state index in [-0.39, 0.29) is 54.2 Å². The Hall–Kier alpha value is -3.27. The van der Waals surface area contributed by atoms with Gasteiger partial charge in [-0.1, -0.05) is 24.8 Å².